The average molecular weight is 228 g/mol. The molecule has 4 nitrogen and oxygen atoms in total. The Morgan fingerprint density at radius 2 is 2.33 bits per heavy atom. The number of hydrogen-bond donors (Lipinski definition) is 2. The van der Waals surface area contributed by atoms with E-state index in [0.717, 1.165) is 6.07 Å². The first kappa shape index (κ1) is 11.3. The van der Waals surface area contributed by atoms with Crippen LogP contribution in [0, 0.1) is 17.1 Å². The fourth-order valence-electron chi connectivity index (χ4n) is 0.988. The van der Waals surface area contributed by atoms with Crippen molar-refractivity contribution in [2.75, 3.05) is 12.3 Å². The maximum atomic E-state index is 13.1. The second-order valence-electron chi connectivity index (χ2n) is 2.69. The van der Waals surface area contributed by atoms with Crippen molar-refractivity contribution >= 4 is 23.2 Å². The van der Waals surface area contributed by atoms with Crippen LogP contribution in [0.5, 0.6) is 0 Å². The van der Waals surface area contributed by atoms with E-state index in [0.29, 0.717) is 0 Å². The van der Waals surface area contributed by atoms with Gasteiger partial charge in [0.15, 0.2) is 0 Å². The van der Waals surface area contributed by atoms with Gasteiger partial charge < -0.3 is 11.1 Å². The third-order valence-corrected chi connectivity index (χ3v) is 1.89. The number of rotatable bonds is 2. The number of nitriles is 1. The first-order valence-corrected chi connectivity index (χ1v) is 4.33. The number of nitrogen functional groups attached to an aromatic ring is 1. The lowest BCUT2D eigenvalue weighted by Gasteiger charge is -2.06. The fourth-order valence-corrected chi connectivity index (χ4v) is 1.19. The standard InChI is InChI=1S/C9H7ClFN3O/c10-5-3-6(8(13)7(11)4-5)9(15)14-2-1-12/h3-4H,2,13H2,(H,14,15). The van der Waals surface area contributed by atoms with Crippen LogP contribution in [0.4, 0.5) is 10.1 Å². The molecule has 15 heavy (non-hydrogen) atoms. The second kappa shape index (κ2) is 4.62. The highest BCUT2D eigenvalue weighted by Crippen LogP contribution is 2.21. The van der Waals surface area contributed by atoms with Gasteiger partial charge in [-0.05, 0) is 12.1 Å². The molecule has 0 atom stereocenters. The molecule has 0 radical (unpaired) electrons. The number of carbonyl (C=O) groups is 1. The van der Waals surface area contributed by atoms with E-state index in [4.69, 9.17) is 22.6 Å². The van der Waals surface area contributed by atoms with Crippen molar-refractivity contribution < 1.29 is 9.18 Å². The zero-order chi connectivity index (χ0) is 11.4. The van der Waals surface area contributed by atoms with Gasteiger partial charge in [0.25, 0.3) is 5.91 Å². The summed E-state index contributed by atoms with van der Waals surface area (Å²) in [6, 6.07) is 3.97. The molecule has 6 heteroatoms. The van der Waals surface area contributed by atoms with Crippen LogP contribution in [0.3, 0.4) is 0 Å². The highest BCUT2D eigenvalue weighted by Gasteiger charge is 2.13. The van der Waals surface area contributed by atoms with Crippen LogP contribution in [-0.4, -0.2) is 12.5 Å². The Morgan fingerprint density at radius 1 is 1.67 bits per heavy atom. The first-order valence-electron chi connectivity index (χ1n) is 3.96. The summed E-state index contributed by atoms with van der Waals surface area (Å²) in [5.41, 5.74) is 4.99. The zero-order valence-corrected chi connectivity index (χ0v) is 8.31. The molecule has 1 aromatic rings. The summed E-state index contributed by atoms with van der Waals surface area (Å²) in [6.07, 6.45) is 0. The summed E-state index contributed by atoms with van der Waals surface area (Å²) in [4.78, 5) is 11.4. The van der Waals surface area contributed by atoms with Gasteiger partial charge in [-0.3, -0.25) is 4.79 Å². The molecule has 3 N–H and O–H groups in total. The third kappa shape index (κ3) is 2.58. The fraction of sp³-hybridized carbons (Fsp3) is 0.111. The van der Waals surface area contributed by atoms with Crippen LogP contribution in [0.1, 0.15) is 10.4 Å². The van der Waals surface area contributed by atoms with E-state index >= 15 is 0 Å². The van der Waals surface area contributed by atoms with Gasteiger partial charge in [-0.1, -0.05) is 11.6 Å². The lowest BCUT2D eigenvalue weighted by molar-refractivity contribution is 0.0959. The van der Waals surface area contributed by atoms with Crippen LogP contribution in [0.25, 0.3) is 0 Å². The Balaban J connectivity index is 3.04. The van der Waals surface area contributed by atoms with Crippen molar-refractivity contribution in [3.05, 3.63) is 28.5 Å². The van der Waals surface area contributed by atoms with Crippen LogP contribution in [0.2, 0.25) is 5.02 Å². The molecule has 0 aliphatic carbocycles. The Labute approximate surface area is 90.4 Å². The van der Waals surface area contributed by atoms with Crippen LogP contribution in [0.15, 0.2) is 12.1 Å². The molecule has 0 fully saturated rings. The number of benzene rings is 1. The van der Waals surface area contributed by atoms with Gasteiger partial charge in [0.05, 0.1) is 17.3 Å². The second-order valence-corrected chi connectivity index (χ2v) is 3.13. The van der Waals surface area contributed by atoms with E-state index in [9.17, 15) is 9.18 Å². The quantitative estimate of drug-likeness (QED) is 0.591. The molecule has 0 unspecified atom stereocenters. The number of anilines is 1. The molecule has 0 saturated carbocycles. The molecule has 0 saturated heterocycles. The van der Waals surface area contributed by atoms with Gasteiger partial charge in [-0.15, -0.1) is 0 Å². The molecule has 0 aromatic heterocycles. The van der Waals surface area contributed by atoms with Crippen molar-refractivity contribution in [3.63, 3.8) is 0 Å². The molecule has 78 valence electrons. The van der Waals surface area contributed by atoms with Crippen molar-refractivity contribution in [2.24, 2.45) is 0 Å². The van der Waals surface area contributed by atoms with E-state index in [1.54, 1.807) is 6.07 Å². The predicted octanol–water partition coefficient (Wildman–Crippen LogP) is 1.31. The monoisotopic (exact) mass is 227 g/mol. The molecule has 0 aliphatic heterocycles. The van der Waals surface area contributed by atoms with Crippen LogP contribution < -0.4 is 11.1 Å². The van der Waals surface area contributed by atoms with Gasteiger partial charge in [-0.25, -0.2) is 4.39 Å². The summed E-state index contributed by atoms with van der Waals surface area (Å²) in [5.74, 6) is -1.39. The SMILES string of the molecule is N#CCNC(=O)c1cc(Cl)cc(F)c1N. The Bertz CT molecular complexity index is 442. The Hall–Kier alpha value is -1.80. The summed E-state index contributed by atoms with van der Waals surface area (Å²) >= 11 is 5.56. The normalized spacial score (nSPS) is 9.40. The van der Waals surface area contributed by atoms with Crippen LogP contribution >= 0.6 is 11.6 Å². The number of halogens is 2. The van der Waals surface area contributed by atoms with E-state index in [2.05, 4.69) is 5.32 Å². The van der Waals surface area contributed by atoms with Gasteiger partial charge in [-0.2, -0.15) is 5.26 Å². The molecular weight excluding hydrogens is 221 g/mol. The first-order chi connectivity index (χ1) is 7.06. The minimum Gasteiger partial charge on any atom is -0.396 e. The Kier molecular flexibility index (Phi) is 3.47. The molecule has 0 bridgehead atoms. The predicted molar refractivity (Wildman–Crippen MR) is 53.8 cm³/mol. The zero-order valence-electron chi connectivity index (χ0n) is 7.55. The number of carbonyl (C=O) groups excluding carboxylic acids is 1. The average Bonchev–Trinajstić information content (AvgIpc) is 2.19. The van der Waals surface area contributed by atoms with Crippen LogP contribution in [-0.2, 0) is 0 Å². The lowest BCUT2D eigenvalue weighted by atomic mass is 10.1. The molecule has 1 rings (SSSR count). The van der Waals surface area contributed by atoms with Crippen molar-refractivity contribution in [1.82, 2.24) is 5.32 Å². The van der Waals surface area contributed by atoms with E-state index in [1.807, 2.05) is 0 Å². The molecule has 1 aromatic carbocycles. The van der Waals surface area contributed by atoms with Gasteiger partial charge in [0.1, 0.15) is 12.4 Å². The largest absolute Gasteiger partial charge is 0.396 e. The summed E-state index contributed by atoms with van der Waals surface area (Å²) < 4.78 is 13.1. The van der Waals surface area contributed by atoms with Crippen molar-refractivity contribution in [1.29, 1.82) is 5.26 Å². The van der Waals surface area contributed by atoms with E-state index in [-0.39, 0.29) is 22.8 Å². The number of nitrogens with two attached hydrogens (primary N) is 1. The molecule has 0 aliphatic rings. The Morgan fingerprint density at radius 3 is 2.93 bits per heavy atom. The van der Waals surface area contributed by atoms with Gasteiger partial charge in [0.2, 0.25) is 0 Å². The number of amides is 1. The van der Waals surface area contributed by atoms with E-state index < -0.39 is 11.7 Å². The lowest BCUT2D eigenvalue weighted by Crippen LogP contribution is -2.24. The highest BCUT2D eigenvalue weighted by molar-refractivity contribution is 6.31. The minimum absolute atomic E-state index is 0.0730. The summed E-state index contributed by atoms with van der Waals surface area (Å²) in [5, 5.41) is 10.6. The number of nitrogens with zero attached hydrogens (tertiary/aromatic N) is 1. The van der Waals surface area contributed by atoms with Gasteiger partial charge in [0, 0.05) is 5.02 Å². The number of hydrogen-bond acceptors (Lipinski definition) is 3. The van der Waals surface area contributed by atoms with Crippen molar-refractivity contribution in [3.8, 4) is 6.07 Å². The minimum atomic E-state index is -0.760. The molecule has 1 amide bonds. The van der Waals surface area contributed by atoms with Crippen molar-refractivity contribution in [2.45, 2.75) is 0 Å². The topological polar surface area (TPSA) is 78.9 Å². The maximum Gasteiger partial charge on any atom is 0.254 e. The maximum absolute atomic E-state index is 13.1. The smallest absolute Gasteiger partial charge is 0.254 e. The highest BCUT2D eigenvalue weighted by atomic mass is 35.5. The molecular formula is C9H7ClFN3O. The number of nitrogens with one attached hydrogen (secondary N) is 1. The summed E-state index contributed by atoms with van der Waals surface area (Å²) in [6.45, 7) is -0.174. The van der Waals surface area contributed by atoms with E-state index in [1.165, 1.54) is 6.07 Å². The third-order valence-electron chi connectivity index (χ3n) is 1.67. The van der Waals surface area contributed by atoms with Gasteiger partial charge >= 0.3 is 0 Å². The summed E-state index contributed by atoms with van der Waals surface area (Å²) in [7, 11) is 0. The molecule has 0 spiro atoms. The molecule has 0 heterocycles.